The molecule has 0 aliphatic carbocycles. The van der Waals surface area contributed by atoms with E-state index in [-0.39, 0.29) is 5.41 Å². The number of unbranched alkanes of at least 4 members (excludes halogenated alkanes) is 5. The molecule has 1 fully saturated rings. The van der Waals surface area contributed by atoms with Crippen LogP contribution in [0.3, 0.4) is 0 Å². The highest BCUT2D eigenvalue weighted by Gasteiger charge is 2.37. The number of terminal acetylenes is 1. The fourth-order valence-corrected chi connectivity index (χ4v) is 6.77. The third-order valence-corrected chi connectivity index (χ3v) is 9.38. The van der Waals surface area contributed by atoms with Gasteiger partial charge in [-0.3, -0.25) is 4.90 Å². The summed E-state index contributed by atoms with van der Waals surface area (Å²) < 4.78 is 0. The lowest BCUT2D eigenvalue weighted by molar-refractivity contribution is 0.256. The lowest BCUT2D eigenvalue weighted by atomic mass is 9.65. The summed E-state index contributed by atoms with van der Waals surface area (Å²) in [6, 6.07) is 16.1. The topological polar surface area (TPSA) is 6.48 Å². The minimum absolute atomic E-state index is 0.278. The molecule has 222 valence electrons. The van der Waals surface area contributed by atoms with E-state index in [9.17, 15) is 0 Å². The Morgan fingerprint density at radius 2 is 1.66 bits per heavy atom. The predicted molar refractivity (Wildman–Crippen MR) is 182 cm³/mol. The molecule has 2 aromatic carbocycles. The maximum absolute atomic E-state index is 5.48. The average molecular weight is 553 g/mol. The molecule has 1 aliphatic heterocycles. The van der Waals surface area contributed by atoms with E-state index >= 15 is 0 Å². The van der Waals surface area contributed by atoms with Crippen LogP contribution in [0.25, 0.3) is 5.57 Å². The van der Waals surface area contributed by atoms with Crippen molar-refractivity contribution in [1.82, 2.24) is 4.90 Å². The molecule has 3 rings (SSSR count). The first-order valence-corrected chi connectivity index (χ1v) is 16.2. The van der Waals surface area contributed by atoms with Gasteiger partial charge < -0.3 is 4.90 Å². The second kappa shape index (κ2) is 16.0. The van der Waals surface area contributed by atoms with Crippen molar-refractivity contribution in [2.24, 2.45) is 0 Å². The molecule has 2 heteroatoms. The molecule has 1 atom stereocenters. The van der Waals surface area contributed by atoms with E-state index in [4.69, 9.17) is 6.42 Å². The monoisotopic (exact) mass is 552 g/mol. The average Bonchev–Trinajstić information content (AvgIpc) is 2.97. The van der Waals surface area contributed by atoms with Crippen LogP contribution in [0.4, 0.5) is 5.69 Å². The summed E-state index contributed by atoms with van der Waals surface area (Å²) in [6.45, 7) is 24.0. The molecule has 1 saturated heterocycles. The third-order valence-electron chi connectivity index (χ3n) is 9.38. The van der Waals surface area contributed by atoms with E-state index in [1.54, 1.807) is 5.57 Å². The maximum Gasteiger partial charge on any atom is 0.0400 e. The zero-order valence-electron chi connectivity index (χ0n) is 27.1. The highest BCUT2D eigenvalue weighted by Crippen LogP contribution is 2.49. The highest BCUT2D eigenvalue weighted by molar-refractivity contribution is 5.82. The summed E-state index contributed by atoms with van der Waals surface area (Å²) in [6.07, 6.45) is 16.2. The van der Waals surface area contributed by atoms with E-state index in [0.717, 1.165) is 58.4 Å². The number of hydrogen-bond donors (Lipinski definition) is 0. The largest absolute Gasteiger partial charge is 0.369 e. The van der Waals surface area contributed by atoms with Gasteiger partial charge in [-0.1, -0.05) is 99.2 Å². The molecular weight excluding hydrogens is 496 g/mol. The molecule has 1 unspecified atom stereocenters. The van der Waals surface area contributed by atoms with Crippen molar-refractivity contribution < 1.29 is 0 Å². The molecule has 2 aromatic rings. The summed E-state index contributed by atoms with van der Waals surface area (Å²) in [5.74, 6) is 2.79. The number of nitrogens with zero attached hydrogens (tertiary/aromatic N) is 2. The first kappa shape index (κ1) is 32.8. The second-order valence-corrected chi connectivity index (χ2v) is 12.4. The number of benzene rings is 2. The van der Waals surface area contributed by atoms with Crippen LogP contribution in [0.5, 0.6) is 0 Å². The molecule has 1 aliphatic rings. The summed E-state index contributed by atoms with van der Waals surface area (Å²) in [4.78, 5) is 5.16. The summed E-state index contributed by atoms with van der Waals surface area (Å²) >= 11 is 0. The molecule has 0 saturated carbocycles. The number of aryl methyl sites for hydroxylation is 1. The molecule has 1 heterocycles. The van der Waals surface area contributed by atoms with Crippen molar-refractivity contribution in [3.05, 3.63) is 82.4 Å². The zero-order valence-corrected chi connectivity index (χ0v) is 27.1. The molecule has 41 heavy (non-hydrogen) atoms. The molecule has 0 radical (unpaired) electrons. The van der Waals surface area contributed by atoms with Gasteiger partial charge in [0.05, 0.1) is 0 Å². The Labute approximate surface area is 252 Å². The third kappa shape index (κ3) is 8.17. The van der Waals surface area contributed by atoms with Gasteiger partial charge in [0.2, 0.25) is 0 Å². The van der Waals surface area contributed by atoms with Gasteiger partial charge in [-0.05, 0) is 88.3 Å². The lowest BCUT2D eigenvalue weighted by Crippen LogP contribution is -2.47. The Kier molecular flexibility index (Phi) is 12.8. The Morgan fingerprint density at radius 3 is 2.29 bits per heavy atom. The van der Waals surface area contributed by atoms with Crippen LogP contribution >= 0.6 is 0 Å². The molecule has 2 nitrogen and oxygen atoms in total. The first-order chi connectivity index (χ1) is 19.8. The maximum atomic E-state index is 5.48. The number of hydrogen-bond acceptors (Lipinski definition) is 2. The van der Waals surface area contributed by atoms with Crippen LogP contribution in [0.15, 0.2) is 60.2 Å². The Hall–Kier alpha value is -2.76. The zero-order chi connectivity index (χ0) is 29.8. The molecule has 0 N–H and O–H groups in total. The second-order valence-electron chi connectivity index (χ2n) is 12.4. The van der Waals surface area contributed by atoms with Crippen molar-refractivity contribution >= 4 is 11.3 Å². The van der Waals surface area contributed by atoms with Crippen molar-refractivity contribution in [2.45, 2.75) is 105 Å². The van der Waals surface area contributed by atoms with Crippen molar-refractivity contribution in [3.63, 3.8) is 0 Å². The molecule has 0 aromatic heterocycles. The Bertz CT molecular complexity index is 1200. The van der Waals surface area contributed by atoms with Crippen molar-refractivity contribution in [3.8, 4) is 12.3 Å². The smallest absolute Gasteiger partial charge is 0.0400 e. The Morgan fingerprint density at radius 1 is 0.951 bits per heavy atom. The van der Waals surface area contributed by atoms with E-state index in [1.807, 2.05) is 0 Å². The quantitative estimate of drug-likeness (QED) is 0.123. The van der Waals surface area contributed by atoms with Gasteiger partial charge >= 0.3 is 0 Å². The SMILES string of the molecule is C#CCCCN1CCN(c2cccc(C(C)(C(=C)C)/C(=C(\CC)CCCCCCC)c3cccc(C)c3)c2C)CC1. The van der Waals surface area contributed by atoms with Crippen LogP contribution in [-0.4, -0.2) is 37.6 Å². The fourth-order valence-electron chi connectivity index (χ4n) is 6.77. The van der Waals surface area contributed by atoms with Crippen LogP contribution < -0.4 is 4.90 Å². The Balaban J connectivity index is 2.04. The molecule has 0 amide bonds. The van der Waals surface area contributed by atoms with Gasteiger partial charge in [-0.2, -0.15) is 0 Å². The van der Waals surface area contributed by atoms with Gasteiger partial charge in [-0.25, -0.2) is 0 Å². The van der Waals surface area contributed by atoms with Crippen LogP contribution in [0.1, 0.15) is 108 Å². The highest BCUT2D eigenvalue weighted by atomic mass is 15.3. The summed E-state index contributed by atoms with van der Waals surface area (Å²) in [5, 5.41) is 0. The summed E-state index contributed by atoms with van der Waals surface area (Å²) in [7, 11) is 0. The standard InChI is InChI=1S/C39H56N2/c1-9-12-14-15-16-21-34(11-3)38(35-22-18-20-32(6)30-35)39(8,31(4)5)36-23-19-24-37(33(36)7)41-28-26-40(27-29-41)25-17-13-10-2/h2,18-20,22-24,30H,4,9,11-17,21,25-29H2,1,3,5-8H3/b38-34+. The lowest BCUT2D eigenvalue weighted by Gasteiger charge is -2.41. The number of piperazine rings is 1. The predicted octanol–water partition coefficient (Wildman–Crippen LogP) is 9.90. The van der Waals surface area contributed by atoms with E-state index in [1.165, 1.54) is 71.2 Å². The van der Waals surface area contributed by atoms with E-state index < -0.39 is 0 Å². The normalized spacial score (nSPS) is 16.2. The van der Waals surface area contributed by atoms with Crippen LogP contribution in [0.2, 0.25) is 0 Å². The number of allylic oxidation sites excluding steroid dienone is 3. The van der Waals surface area contributed by atoms with Crippen molar-refractivity contribution in [1.29, 1.82) is 0 Å². The molecular formula is C39H56N2. The molecule has 0 bridgehead atoms. The fraction of sp³-hybridized carbons (Fsp3) is 0.538. The molecule has 0 spiro atoms. The van der Waals surface area contributed by atoms with Gasteiger partial charge in [0.25, 0.3) is 0 Å². The van der Waals surface area contributed by atoms with Gasteiger partial charge in [0.15, 0.2) is 0 Å². The van der Waals surface area contributed by atoms with Crippen LogP contribution in [-0.2, 0) is 5.41 Å². The first-order valence-electron chi connectivity index (χ1n) is 16.2. The van der Waals surface area contributed by atoms with Crippen molar-refractivity contribution in [2.75, 3.05) is 37.6 Å². The van der Waals surface area contributed by atoms with E-state index in [0.29, 0.717) is 0 Å². The number of anilines is 1. The van der Waals surface area contributed by atoms with Gasteiger partial charge in [-0.15, -0.1) is 12.3 Å². The van der Waals surface area contributed by atoms with Crippen LogP contribution in [0, 0.1) is 26.2 Å². The van der Waals surface area contributed by atoms with Gasteiger partial charge in [0, 0.05) is 43.7 Å². The number of rotatable bonds is 15. The summed E-state index contributed by atoms with van der Waals surface area (Å²) in [5.41, 5.74) is 10.8. The van der Waals surface area contributed by atoms with Gasteiger partial charge in [0.1, 0.15) is 0 Å². The van der Waals surface area contributed by atoms with E-state index in [2.05, 4.69) is 106 Å². The minimum Gasteiger partial charge on any atom is -0.369 e. The minimum atomic E-state index is -0.278.